The molecule has 1 aromatic rings. The van der Waals surface area contributed by atoms with Gasteiger partial charge in [0.1, 0.15) is 5.75 Å². The maximum absolute atomic E-state index is 5.41. The average Bonchev–Trinajstić information content (AvgIpc) is 2.36. The fraction of sp³-hybridized carbons (Fsp3) is 0.562. The van der Waals surface area contributed by atoms with E-state index in [1.54, 1.807) is 7.11 Å². The van der Waals surface area contributed by atoms with Crippen LogP contribution in [0.5, 0.6) is 5.75 Å². The predicted octanol–water partition coefficient (Wildman–Crippen LogP) is 3.19. The van der Waals surface area contributed by atoms with Crippen molar-refractivity contribution in [2.75, 3.05) is 13.7 Å². The molecule has 1 rings (SSSR count). The number of nitrogens with zero attached hydrogens (tertiary/aromatic N) is 1. The van der Waals surface area contributed by atoms with Crippen molar-refractivity contribution in [2.45, 2.75) is 46.6 Å². The fourth-order valence-electron chi connectivity index (χ4n) is 2.05. The van der Waals surface area contributed by atoms with E-state index in [4.69, 9.17) is 4.74 Å². The van der Waals surface area contributed by atoms with Crippen LogP contribution >= 0.6 is 0 Å². The summed E-state index contributed by atoms with van der Waals surface area (Å²) in [5.74, 6) is 0.958. The molecule has 0 aliphatic heterocycles. The van der Waals surface area contributed by atoms with Gasteiger partial charge >= 0.3 is 0 Å². The highest BCUT2D eigenvalue weighted by Crippen LogP contribution is 2.24. The van der Waals surface area contributed by atoms with Gasteiger partial charge in [0.15, 0.2) is 0 Å². The van der Waals surface area contributed by atoms with E-state index in [2.05, 4.69) is 43.2 Å². The Morgan fingerprint density at radius 2 is 2.05 bits per heavy atom. The molecule has 0 unspecified atom stereocenters. The second kappa shape index (κ2) is 7.95. The quantitative estimate of drug-likeness (QED) is 0.605. The minimum atomic E-state index is 0.554. The average molecular weight is 262 g/mol. The van der Waals surface area contributed by atoms with E-state index >= 15 is 0 Å². The minimum Gasteiger partial charge on any atom is -0.496 e. The summed E-state index contributed by atoms with van der Waals surface area (Å²) in [5.41, 5.74) is 3.33. The first-order valence-corrected chi connectivity index (χ1v) is 6.93. The van der Waals surface area contributed by atoms with Crippen molar-refractivity contribution in [1.29, 1.82) is 0 Å². The summed E-state index contributed by atoms with van der Waals surface area (Å²) >= 11 is 0. The maximum atomic E-state index is 5.41. The third kappa shape index (κ3) is 5.03. The van der Waals surface area contributed by atoms with E-state index in [-0.39, 0.29) is 0 Å². The molecule has 0 aliphatic carbocycles. The third-order valence-corrected chi connectivity index (χ3v) is 3.09. The Morgan fingerprint density at radius 3 is 2.68 bits per heavy atom. The Hall–Kier alpha value is -1.35. The van der Waals surface area contributed by atoms with Crippen molar-refractivity contribution in [3.05, 3.63) is 35.2 Å². The molecule has 3 heteroatoms. The smallest absolute Gasteiger partial charge is 0.128 e. The zero-order valence-corrected chi connectivity index (χ0v) is 12.8. The van der Waals surface area contributed by atoms with Crippen LogP contribution < -0.4 is 10.1 Å². The van der Waals surface area contributed by atoms with E-state index in [9.17, 15) is 0 Å². The first-order valence-electron chi connectivity index (χ1n) is 6.93. The van der Waals surface area contributed by atoms with Crippen molar-refractivity contribution < 1.29 is 4.74 Å². The lowest BCUT2D eigenvalue weighted by atomic mass is 10.1. The molecule has 0 aromatic carbocycles. The third-order valence-electron chi connectivity index (χ3n) is 3.09. The highest BCUT2D eigenvalue weighted by atomic mass is 16.5. The Labute approximate surface area is 117 Å². The Kier molecular flexibility index (Phi) is 6.57. The second-order valence-electron chi connectivity index (χ2n) is 5.12. The molecular weight excluding hydrogens is 236 g/mol. The van der Waals surface area contributed by atoms with Crippen LogP contribution in [0.1, 0.15) is 37.1 Å². The first kappa shape index (κ1) is 15.7. The number of hydrogen-bond acceptors (Lipinski definition) is 3. The number of nitrogens with one attached hydrogen (secondary N) is 1. The summed E-state index contributed by atoms with van der Waals surface area (Å²) in [6, 6.07) is 0.554. The van der Waals surface area contributed by atoms with Crippen LogP contribution in [0, 0.1) is 13.8 Å². The van der Waals surface area contributed by atoms with Crippen LogP contribution in [-0.4, -0.2) is 24.7 Å². The molecule has 1 heterocycles. The van der Waals surface area contributed by atoms with E-state index in [0.717, 1.165) is 42.0 Å². The number of rotatable bonds is 7. The molecule has 106 valence electrons. The maximum Gasteiger partial charge on any atom is 0.128 e. The zero-order chi connectivity index (χ0) is 14.3. The van der Waals surface area contributed by atoms with Crippen LogP contribution in [0.3, 0.4) is 0 Å². The summed E-state index contributed by atoms with van der Waals surface area (Å²) in [6.45, 7) is 9.45. The summed E-state index contributed by atoms with van der Waals surface area (Å²) in [6.07, 6.45) is 8.20. The van der Waals surface area contributed by atoms with Gasteiger partial charge in [0.05, 0.1) is 12.8 Å². The monoisotopic (exact) mass is 262 g/mol. The lowest BCUT2D eigenvalue weighted by Gasteiger charge is -2.11. The van der Waals surface area contributed by atoms with E-state index < -0.39 is 0 Å². The molecule has 3 nitrogen and oxygen atoms in total. The summed E-state index contributed by atoms with van der Waals surface area (Å²) in [5, 5.41) is 3.39. The number of allylic oxidation sites excluding steroid dienone is 1. The van der Waals surface area contributed by atoms with Gasteiger partial charge in [-0.3, -0.25) is 4.98 Å². The van der Waals surface area contributed by atoms with Crippen molar-refractivity contribution in [3.63, 3.8) is 0 Å². The number of methoxy groups -OCH3 is 1. The van der Waals surface area contributed by atoms with Crippen molar-refractivity contribution in [1.82, 2.24) is 10.3 Å². The summed E-state index contributed by atoms with van der Waals surface area (Å²) in [7, 11) is 1.71. The Balaban J connectivity index is 2.52. The highest BCUT2D eigenvalue weighted by Gasteiger charge is 2.07. The van der Waals surface area contributed by atoms with Gasteiger partial charge in [-0.1, -0.05) is 26.0 Å². The Bertz CT molecular complexity index is 425. The second-order valence-corrected chi connectivity index (χ2v) is 5.12. The largest absolute Gasteiger partial charge is 0.496 e. The van der Waals surface area contributed by atoms with Gasteiger partial charge in [-0.05, 0) is 26.8 Å². The SMILES string of the molecule is COc1c(C)cnc(CC=CCCNC(C)C)c1C. The highest BCUT2D eigenvalue weighted by molar-refractivity contribution is 5.41. The molecule has 0 aliphatic rings. The first-order chi connectivity index (χ1) is 9.06. The predicted molar refractivity (Wildman–Crippen MR) is 80.9 cm³/mol. The molecule has 0 spiro atoms. The van der Waals surface area contributed by atoms with Gasteiger partial charge in [0, 0.05) is 29.8 Å². The molecule has 0 bridgehead atoms. The lowest BCUT2D eigenvalue weighted by Crippen LogP contribution is -2.23. The lowest BCUT2D eigenvalue weighted by molar-refractivity contribution is 0.407. The minimum absolute atomic E-state index is 0.554. The molecule has 19 heavy (non-hydrogen) atoms. The van der Waals surface area contributed by atoms with Gasteiger partial charge in [0.25, 0.3) is 0 Å². The zero-order valence-electron chi connectivity index (χ0n) is 12.8. The molecular formula is C16H26N2O. The molecule has 0 saturated carbocycles. The standard InChI is InChI=1S/C16H26N2O/c1-12(2)17-10-8-6-7-9-15-14(4)16(19-5)13(3)11-18-15/h6-7,11-12,17H,8-10H2,1-5H3. The normalized spacial score (nSPS) is 11.5. The Morgan fingerprint density at radius 1 is 1.32 bits per heavy atom. The van der Waals surface area contributed by atoms with E-state index in [1.807, 2.05) is 13.1 Å². The molecule has 0 amide bonds. The van der Waals surface area contributed by atoms with Crippen molar-refractivity contribution in [3.8, 4) is 5.75 Å². The van der Waals surface area contributed by atoms with Crippen molar-refractivity contribution >= 4 is 0 Å². The topological polar surface area (TPSA) is 34.1 Å². The van der Waals surface area contributed by atoms with Gasteiger partial charge in [-0.25, -0.2) is 0 Å². The summed E-state index contributed by atoms with van der Waals surface area (Å²) < 4.78 is 5.41. The molecule has 0 fully saturated rings. The number of hydrogen-bond donors (Lipinski definition) is 1. The molecule has 0 atom stereocenters. The molecule has 0 saturated heterocycles. The van der Waals surface area contributed by atoms with E-state index in [0.29, 0.717) is 6.04 Å². The molecule has 0 radical (unpaired) electrons. The van der Waals surface area contributed by atoms with Crippen LogP contribution in [-0.2, 0) is 6.42 Å². The van der Waals surface area contributed by atoms with Gasteiger partial charge in [-0.15, -0.1) is 0 Å². The van der Waals surface area contributed by atoms with Crippen LogP contribution in [0.4, 0.5) is 0 Å². The van der Waals surface area contributed by atoms with Crippen molar-refractivity contribution in [2.24, 2.45) is 0 Å². The molecule has 1 aromatic heterocycles. The summed E-state index contributed by atoms with van der Waals surface area (Å²) in [4.78, 5) is 4.49. The fourth-order valence-corrected chi connectivity index (χ4v) is 2.05. The number of ether oxygens (including phenoxy) is 1. The van der Waals surface area contributed by atoms with Crippen LogP contribution in [0.15, 0.2) is 18.3 Å². The van der Waals surface area contributed by atoms with Crippen LogP contribution in [0.2, 0.25) is 0 Å². The van der Waals surface area contributed by atoms with Crippen LogP contribution in [0.25, 0.3) is 0 Å². The number of aryl methyl sites for hydroxylation is 1. The van der Waals surface area contributed by atoms with Gasteiger partial charge in [0.2, 0.25) is 0 Å². The number of pyridine rings is 1. The molecule has 1 N–H and O–H groups in total. The van der Waals surface area contributed by atoms with Gasteiger partial charge < -0.3 is 10.1 Å². The van der Waals surface area contributed by atoms with E-state index in [1.165, 1.54) is 0 Å². The van der Waals surface area contributed by atoms with Gasteiger partial charge in [-0.2, -0.15) is 0 Å². The number of aromatic nitrogens is 1.